The first kappa shape index (κ1) is 47.1. The molecule has 12 rings (SSSR count). The van der Waals surface area contributed by atoms with Crippen molar-refractivity contribution in [3.63, 3.8) is 0 Å². The lowest BCUT2D eigenvalue weighted by Crippen LogP contribution is -2.29. The van der Waals surface area contributed by atoms with E-state index in [2.05, 4.69) is 215 Å². The van der Waals surface area contributed by atoms with E-state index < -0.39 is 7.92 Å². The van der Waals surface area contributed by atoms with E-state index >= 15 is 0 Å². The molecule has 0 bridgehead atoms. The number of benzene rings is 6. The minimum Gasteiger partial charge on any atom is -0.295 e. The van der Waals surface area contributed by atoms with Crippen molar-refractivity contribution in [2.45, 2.75) is 0 Å². The summed E-state index contributed by atoms with van der Waals surface area (Å²) in [7, 11) is -1.55. The fourth-order valence-corrected chi connectivity index (χ4v) is 11.3. The molecule has 0 aliphatic heterocycles. The fourth-order valence-electron chi connectivity index (χ4n) is 9.32. The molecular formula is C66H48N9P. The van der Waals surface area contributed by atoms with Gasteiger partial charge in [0.25, 0.3) is 0 Å². The average Bonchev–Trinajstić information content (AvgIpc) is 3.51. The van der Waals surface area contributed by atoms with Crippen molar-refractivity contribution in [3.8, 4) is 33.8 Å². The molecule has 0 saturated carbocycles. The molecule has 0 aliphatic carbocycles. The van der Waals surface area contributed by atoms with E-state index in [1.165, 1.54) is 0 Å². The van der Waals surface area contributed by atoms with Crippen LogP contribution in [-0.4, -0.2) is 29.9 Å². The van der Waals surface area contributed by atoms with Crippen LogP contribution in [0.4, 0.5) is 51.6 Å². The van der Waals surface area contributed by atoms with E-state index in [1.807, 2.05) is 91.4 Å². The molecule has 0 saturated heterocycles. The maximum atomic E-state index is 5.67. The van der Waals surface area contributed by atoms with Gasteiger partial charge in [0.05, 0.1) is 33.4 Å². The van der Waals surface area contributed by atoms with Crippen LogP contribution in [0.5, 0.6) is 0 Å². The fraction of sp³-hybridized carbons (Fsp3) is 0. The molecular weight excluding hydrogens is 950 g/mol. The summed E-state index contributed by atoms with van der Waals surface area (Å²) in [5.74, 6) is 2.24. The molecule has 6 aromatic carbocycles. The van der Waals surface area contributed by atoms with Crippen LogP contribution in [0.25, 0.3) is 33.8 Å². The van der Waals surface area contributed by atoms with E-state index in [0.29, 0.717) is 0 Å². The van der Waals surface area contributed by atoms with Gasteiger partial charge in [0.15, 0.2) is 0 Å². The summed E-state index contributed by atoms with van der Waals surface area (Å²) in [6.07, 6.45) is 5.48. The predicted molar refractivity (Wildman–Crippen MR) is 312 cm³/mol. The predicted octanol–water partition coefficient (Wildman–Crippen LogP) is 15.2. The van der Waals surface area contributed by atoms with Gasteiger partial charge in [-0.1, -0.05) is 127 Å². The minimum atomic E-state index is -1.55. The van der Waals surface area contributed by atoms with Gasteiger partial charge in [-0.05, 0) is 146 Å². The van der Waals surface area contributed by atoms with Crippen molar-refractivity contribution in [1.82, 2.24) is 29.9 Å². The Morgan fingerprint density at radius 3 is 0.803 bits per heavy atom. The lowest BCUT2D eigenvalue weighted by Gasteiger charge is -2.28. The van der Waals surface area contributed by atoms with Crippen LogP contribution in [0.15, 0.2) is 292 Å². The van der Waals surface area contributed by atoms with Gasteiger partial charge in [0, 0.05) is 77.3 Å². The third kappa shape index (κ3) is 10.2. The summed E-state index contributed by atoms with van der Waals surface area (Å²) in [4.78, 5) is 37.7. The number of aromatic nitrogens is 6. The van der Waals surface area contributed by atoms with Crippen molar-refractivity contribution in [2.24, 2.45) is 0 Å². The third-order valence-electron chi connectivity index (χ3n) is 12.8. The molecule has 9 nitrogen and oxygen atoms in total. The summed E-state index contributed by atoms with van der Waals surface area (Å²) < 4.78 is 0. The summed E-state index contributed by atoms with van der Waals surface area (Å²) in [6, 6.07) is 93.3. The highest BCUT2D eigenvalue weighted by Crippen LogP contribution is 2.41. The molecule has 0 fully saturated rings. The second kappa shape index (κ2) is 22.0. The molecule has 76 heavy (non-hydrogen) atoms. The molecule has 0 unspecified atom stereocenters. The highest BCUT2D eigenvalue weighted by Gasteiger charge is 2.27. The molecule has 0 spiro atoms. The van der Waals surface area contributed by atoms with E-state index in [1.54, 1.807) is 0 Å². The molecule has 10 heteroatoms. The summed E-state index contributed by atoms with van der Waals surface area (Å²) in [5, 5.41) is 0. The maximum Gasteiger partial charge on any atom is 0.138 e. The van der Waals surface area contributed by atoms with Crippen LogP contribution in [-0.2, 0) is 0 Å². The number of anilines is 9. The Morgan fingerprint density at radius 2 is 0.513 bits per heavy atom. The lowest BCUT2D eigenvalue weighted by atomic mass is 10.1. The first-order valence-electron chi connectivity index (χ1n) is 25.0. The summed E-state index contributed by atoms with van der Waals surface area (Å²) in [6.45, 7) is 0. The smallest absolute Gasteiger partial charge is 0.138 e. The van der Waals surface area contributed by atoms with Crippen molar-refractivity contribution < 1.29 is 0 Å². The van der Waals surface area contributed by atoms with Gasteiger partial charge >= 0.3 is 0 Å². The van der Waals surface area contributed by atoms with Crippen molar-refractivity contribution in [3.05, 3.63) is 292 Å². The van der Waals surface area contributed by atoms with Gasteiger partial charge in [-0.15, -0.1) is 0 Å². The number of rotatable bonds is 15. The SMILES string of the molecule is c1ccc(N(c2cccc(-c3ccccn3)c2)c2cccc(P(c3cccc(N(c4ccccc4)c4cccc(-c5ccccn5)c4)n3)c3cccc(N(c4ccccc4)c4cccc(-c5ccccn5)c4)n3)n2)cc1. The lowest BCUT2D eigenvalue weighted by molar-refractivity contribution is 1.19. The Kier molecular flexibility index (Phi) is 13.6. The first-order valence-corrected chi connectivity index (χ1v) is 26.4. The summed E-state index contributed by atoms with van der Waals surface area (Å²) in [5.41, 5.74) is 13.9. The Balaban J connectivity index is 1.04. The quantitative estimate of drug-likeness (QED) is 0.0932. The number of nitrogens with zero attached hydrogens (tertiary/aromatic N) is 9. The normalized spacial score (nSPS) is 11.0. The molecule has 12 aromatic rings. The second-order valence-electron chi connectivity index (χ2n) is 17.7. The Hall–Kier alpha value is -9.95. The standard InChI is InChI=1S/C66H48N9P/c1-4-25-52(26-5-1)73(55-31-16-22-49(46-55)58-34-10-13-43-67-58)61-37-19-40-64(70-61)76(65-41-20-38-62(71-65)74(53-27-6-2-7-28-53)56-32-17-23-50(47-56)59-35-11-14-44-68-59)66-42-21-39-63(72-66)75(54-29-8-3-9-30-54)57-33-18-24-51(48-57)60-36-12-15-45-69-60/h1-48H. The molecule has 0 aliphatic rings. The molecule has 362 valence electrons. The second-order valence-corrected chi connectivity index (χ2v) is 19.8. The number of pyridine rings is 6. The minimum absolute atomic E-state index is 0.746. The van der Waals surface area contributed by atoms with Gasteiger partial charge in [0.2, 0.25) is 0 Å². The highest BCUT2D eigenvalue weighted by molar-refractivity contribution is 7.79. The molecule has 0 atom stereocenters. The highest BCUT2D eigenvalue weighted by atomic mass is 31.1. The van der Waals surface area contributed by atoms with Gasteiger partial charge in [0.1, 0.15) is 17.5 Å². The van der Waals surface area contributed by atoms with E-state index in [9.17, 15) is 0 Å². The van der Waals surface area contributed by atoms with Crippen LogP contribution in [0.3, 0.4) is 0 Å². The monoisotopic (exact) mass is 997 g/mol. The Bertz CT molecular complexity index is 3450. The number of hydrogen-bond donors (Lipinski definition) is 0. The Labute approximate surface area is 443 Å². The zero-order chi connectivity index (χ0) is 50.9. The van der Waals surface area contributed by atoms with Crippen molar-refractivity contribution in [1.29, 1.82) is 0 Å². The molecule has 0 N–H and O–H groups in total. The van der Waals surface area contributed by atoms with Crippen molar-refractivity contribution in [2.75, 3.05) is 14.7 Å². The van der Waals surface area contributed by atoms with Crippen LogP contribution in [0.2, 0.25) is 0 Å². The number of hydrogen-bond acceptors (Lipinski definition) is 9. The van der Waals surface area contributed by atoms with Crippen LogP contribution in [0.1, 0.15) is 0 Å². The summed E-state index contributed by atoms with van der Waals surface area (Å²) >= 11 is 0. The Morgan fingerprint density at radius 1 is 0.237 bits per heavy atom. The average molecular weight is 998 g/mol. The van der Waals surface area contributed by atoms with Gasteiger partial charge < -0.3 is 0 Å². The van der Waals surface area contributed by atoms with Gasteiger partial charge in [-0.3, -0.25) is 29.7 Å². The first-order chi connectivity index (χ1) is 37.7. The molecule has 6 aromatic heterocycles. The van der Waals surface area contributed by atoms with Crippen LogP contribution < -0.4 is 31.0 Å². The van der Waals surface area contributed by atoms with Gasteiger partial charge in [-0.25, -0.2) is 15.0 Å². The zero-order valence-corrected chi connectivity index (χ0v) is 42.1. The maximum absolute atomic E-state index is 5.67. The zero-order valence-electron chi connectivity index (χ0n) is 41.2. The van der Waals surface area contributed by atoms with Crippen LogP contribution >= 0.6 is 7.92 Å². The van der Waals surface area contributed by atoms with E-state index in [0.717, 1.165) is 102 Å². The van der Waals surface area contributed by atoms with Crippen molar-refractivity contribution >= 4 is 75.8 Å². The van der Waals surface area contributed by atoms with Gasteiger partial charge in [-0.2, -0.15) is 0 Å². The van der Waals surface area contributed by atoms with Crippen LogP contribution in [0, 0.1) is 0 Å². The topological polar surface area (TPSA) is 87.1 Å². The molecule has 6 heterocycles. The number of para-hydroxylation sites is 3. The van der Waals surface area contributed by atoms with E-state index in [4.69, 9.17) is 29.9 Å². The largest absolute Gasteiger partial charge is 0.295 e. The molecule has 0 amide bonds. The third-order valence-corrected chi connectivity index (χ3v) is 14.9. The molecule has 0 radical (unpaired) electrons. The van der Waals surface area contributed by atoms with E-state index in [-0.39, 0.29) is 0 Å².